The molecular weight excluding hydrogens is 379 g/mol. The molecular formula is C21H37O6P. The number of esters is 2. The summed E-state index contributed by atoms with van der Waals surface area (Å²) in [4.78, 5) is 32.3. The van der Waals surface area contributed by atoms with Crippen LogP contribution in [0.3, 0.4) is 0 Å². The molecule has 0 aliphatic heterocycles. The van der Waals surface area contributed by atoms with E-state index in [0.29, 0.717) is 30.3 Å². The second-order valence-electron chi connectivity index (χ2n) is 7.31. The topological polar surface area (TPSA) is 89.9 Å². The summed E-state index contributed by atoms with van der Waals surface area (Å²) in [5, 5.41) is 0. The zero-order valence-electron chi connectivity index (χ0n) is 17.5. The monoisotopic (exact) mass is 416 g/mol. The van der Waals surface area contributed by atoms with Gasteiger partial charge in [0.2, 0.25) is 7.37 Å². The van der Waals surface area contributed by atoms with Crippen LogP contribution in [0.2, 0.25) is 0 Å². The van der Waals surface area contributed by atoms with Gasteiger partial charge in [-0.2, -0.15) is 0 Å². The Morgan fingerprint density at radius 1 is 0.714 bits per heavy atom. The van der Waals surface area contributed by atoms with Gasteiger partial charge in [-0.25, -0.2) is 9.59 Å². The maximum absolute atomic E-state index is 12.1. The molecule has 0 saturated carbocycles. The van der Waals surface area contributed by atoms with Crippen LogP contribution in [0.5, 0.6) is 0 Å². The van der Waals surface area contributed by atoms with Gasteiger partial charge < -0.3 is 14.4 Å². The van der Waals surface area contributed by atoms with E-state index >= 15 is 0 Å². The van der Waals surface area contributed by atoms with Crippen molar-refractivity contribution in [2.24, 2.45) is 0 Å². The zero-order chi connectivity index (χ0) is 21.4. The second-order valence-corrected chi connectivity index (χ2v) is 9.90. The van der Waals surface area contributed by atoms with Crippen LogP contribution in [0.4, 0.5) is 0 Å². The van der Waals surface area contributed by atoms with Crippen LogP contribution in [-0.4, -0.2) is 42.4 Å². The highest BCUT2D eigenvalue weighted by molar-refractivity contribution is 7.57. The van der Waals surface area contributed by atoms with Crippen LogP contribution >= 0.6 is 7.37 Å². The van der Waals surface area contributed by atoms with Gasteiger partial charge in [-0.15, -0.1) is 0 Å². The molecule has 162 valence electrons. The van der Waals surface area contributed by atoms with Crippen molar-refractivity contribution in [1.29, 1.82) is 0 Å². The Morgan fingerprint density at radius 3 is 1.54 bits per heavy atom. The normalized spacial score (nSPS) is 12.8. The fraction of sp³-hybridized carbons (Fsp3) is 0.714. The van der Waals surface area contributed by atoms with Gasteiger partial charge in [0.1, 0.15) is 0 Å². The van der Waals surface area contributed by atoms with E-state index in [9.17, 15) is 19.0 Å². The van der Waals surface area contributed by atoms with Crippen molar-refractivity contribution in [1.82, 2.24) is 0 Å². The molecule has 0 aromatic heterocycles. The minimum Gasteiger partial charge on any atom is -0.462 e. The van der Waals surface area contributed by atoms with Crippen LogP contribution in [-0.2, 0) is 23.6 Å². The van der Waals surface area contributed by atoms with Gasteiger partial charge in [-0.3, -0.25) is 4.57 Å². The molecule has 6 nitrogen and oxygen atoms in total. The number of ether oxygens (including phenoxy) is 2. The fourth-order valence-corrected chi connectivity index (χ4v) is 4.09. The molecule has 0 aliphatic rings. The Balaban J connectivity index is 3.50. The standard InChI is InChI=1S/C21H37O6P/c1-18(2)20(22)26-14-11-9-7-5-6-8-10-12-16-28(24,25)17-13-15-27-21(23)19(3)4/h1,3,5-17H2,2,4H3,(H,24,25). The summed E-state index contributed by atoms with van der Waals surface area (Å²) in [6.07, 6.45) is 8.90. The molecule has 0 aromatic carbocycles. The molecule has 0 aromatic rings. The predicted octanol–water partition coefficient (Wildman–Crippen LogP) is 5.01. The van der Waals surface area contributed by atoms with Gasteiger partial charge in [0.15, 0.2) is 0 Å². The molecule has 0 rings (SSSR count). The van der Waals surface area contributed by atoms with Gasteiger partial charge in [-0.05, 0) is 33.1 Å². The molecule has 1 unspecified atom stereocenters. The quantitative estimate of drug-likeness (QED) is 0.155. The summed E-state index contributed by atoms with van der Waals surface area (Å²) in [7, 11) is -3.13. The third kappa shape index (κ3) is 15.6. The molecule has 0 fully saturated rings. The van der Waals surface area contributed by atoms with Crippen LogP contribution in [0.1, 0.15) is 71.6 Å². The molecule has 0 bridgehead atoms. The Hall–Kier alpha value is -1.39. The lowest BCUT2D eigenvalue weighted by atomic mass is 10.1. The fourth-order valence-electron chi connectivity index (χ4n) is 2.52. The van der Waals surface area contributed by atoms with Gasteiger partial charge in [0.25, 0.3) is 0 Å². The molecule has 1 atom stereocenters. The van der Waals surface area contributed by atoms with Crippen molar-refractivity contribution in [2.75, 3.05) is 25.5 Å². The lowest BCUT2D eigenvalue weighted by Crippen LogP contribution is -2.08. The van der Waals surface area contributed by atoms with E-state index < -0.39 is 13.3 Å². The molecule has 0 heterocycles. The highest BCUT2D eigenvalue weighted by Gasteiger charge is 2.17. The molecule has 28 heavy (non-hydrogen) atoms. The van der Waals surface area contributed by atoms with E-state index in [1.807, 2.05) is 0 Å². The average Bonchev–Trinajstić information content (AvgIpc) is 2.62. The van der Waals surface area contributed by atoms with Crippen LogP contribution < -0.4 is 0 Å². The Labute approximate surface area is 169 Å². The predicted molar refractivity (Wildman–Crippen MR) is 113 cm³/mol. The van der Waals surface area contributed by atoms with E-state index in [0.717, 1.165) is 51.4 Å². The van der Waals surface area contributed by atoms with Crippen molar-refractivity contribution in [3.63, 3.8) is 0 Å². The largest absolute Gasteiger partial charge is 0.462 e. The summed E-state index contributed by atoms with van der Waals surface area (Å²) >= 11 is 0. The van der Waals surface area contributed by atoms with Crippen LogP contribution in [0, 0.1) is 0 Å². The third-order valence-electron chi connectivity index (χ3n) is 4.22. The Morgan fingerprint density at radius 2 is 1.07 bits per heavy atom. The van der Waals surface area contributed by atoms with Crippen molar-refractivity contribution in [3.8, 4) is 0 Å². The van der Waals surface area contributed by atoms with Gasteiger partial charge in [-0.1, -0.05) is 51.7 Å². The van der Waals surface area contributed by atoms with Crippen molar-refractivity contribution >= 4 is 19.3 Å². The van der Waals surface area contributed by atoms with E-state index in [-0.39, 0.29) is 18.7 Å². The minimum absolute atomic E-state index is 0.155. The molecule has 0 spiro atoms. The summed E-state index contributed by atoms with van der Waals surface area (Å²) in [6, 6.07) is 0. The minimum atomic E-state index is -3.13. The van der Waals surface area contributed by atoms with E-state index in [2.05, 4.69) is 13.2 Å². The van der Waals surface area contributed by atoms with Gasteiger partial charge in [0, 0.05) is 23.5 Å². The highest BCUT2D eigenvalue weighted by atomic mass is 31.2. The maximum Gasteiger partial charge on any atom is 0.333 e. The zero-order valence-corrected chi connectivity index (χ0v) is 18.4. The first kappa shape index (κ1) is 26.6. The third-order valence-corrected chi connectivity index (χ3v) is 6.25. The number of hydrogen-bond acceptors (Lipinski definition) is 5. The van der Waals surface area contributed by atoms with Crippen LogP contribution in [0.25, 0.3) is 0 Å². The van der Waals surface area contributed by atoms with Gasteiger partial charge in [0.05, 0.1) is 13.2 Å². The second kappa shape index (κ2) is 15.5. The lowest BCUT2D eigenvalue weighted by Gasteiger charge is -2.11. The average molecular weight is 416 g/mol. The van der Waals surface area contributed by atoms with E-state index in [1.165, 1.54) is 0 Å². The number of hydrogen-bond donors (Lipinski definition) is 1. The van der Waals surface area contributed by atoms with E-state index in [4.69, 9.17) is 9.47 Å². The number of unbranched alkanes of at least 4 members (excludes halogenated alkanes) is 7. The SMILES string of the molecule is C=C(C)C(=O)OCCCCCCCCCCP(=O)(O)CCCOC(=O)C(=C)C. The first-order valence-corrected chi connectivity index (χ1v) is 12.1. The maximum atomic E-state index is 12.1. The van der Waals surface area contributed by atoms with Crippen LogP contribution in [0.15, 0.2) is 24.3 Å². The van der Waals surface area contributed by atoms with Gasteiger partial charge >= 0.3 is 11.9 Å². The summed E-state index contributed by atoms with van der Waals surface area (Å²) in [5.41, 5.74) is 0.761. The molecule has 0 amide bonds. The molecule has 0 saturated heterocycles. The van der Waals surface area contributed by atoms with Crippen molar-refractivity contribution < 1.29 is 28.5 Å². The van der Waals surface area contributed by atoms with Crippen molar-refractivity contribution in [3.05, 3.63) is 24.3 Å². The summed E-state index contributed by atoms with van der Waals surface area (Å²) in [6.45, 7) is 10.8. The summed E-state index contributed by atoms with van der Waals surface area (Å²) in [5.74, 6) is -0.783. The first-order valence-electron chi connectivity index (χ1n) is 10.1. The first-order chi connectivity index (χ1) is 13.2. The molecule has 0 aliphatic carbocycles. The smallest absolute Gasteiger partial charge is 0.333 e. The van der Waals surface area contributed by atoms with Crippen molar-refractivity contribution in [2.45, 2.75) is 71.6 Å². The Kier molecular flexibility index (Phi) is 14.8. The number of rotatable bonds is 17. The molecule has 0 radical (unpaired) electrons. The Bertz CT molecular complexity index is 555. The molecule has 1 N–H and O–H groups in total. The van der Waals surface area contributed by atoms with E-state index in [1.54, 1.807) is 13.8 Å². The number of carbonyl (C=O) groups excluding carboxylic acids is 2. The molecule has 7 heteroatoms. The number of carbonyl (C=O) groups is 2. The highest BCUT2D eigenvalue weighted by Crippen LogP contribution is 2.42. The summed E-state index contributed by atoms with van der Waals surface area (Å²) < 4.78 is 22.0. The lowest BCUT2D eigenvalue weighted by molar-refractivity contribution is -0.139.